The van der Waals surface area contributed by atoms with Crippen LogP contribution in [-0.2, 0) is 4.74 Å². The summed E-state index contributed by atoms with van der Waals surface area (Å²) in [6.45, 7) is 5.01. The standard InChI is InChI=1S/C29H36N4O4/c1-4-5-13-33(14-15-35-3)28-18-25(27-17-21-9-6-7-12-26(21)37-27)31-29(32-28)22-10-8-11-24(16-22)36-20-23(34)19-30-2/h6-12,16-18,23,30,34H,4-5,13-15,19-20H2,1-3H3. The number of aliphatic hydroxyl groups excluding tert-OH is 1. The van der Waals surface area contributed by atoms with Crippen LogP contribution in [0.2, 0.25) is 0 Å². The normalized spacial score (nSPS) is 12.1. The van der Waals surface area contributed by atoms with Gasteiger partial charge in [0, 0.05) is 43.8 Å². The first kappa shape index (κ1) is 26.6. The molecule has 2 N–H and O–H groups in total. The van der Waals surface area contributed by atoms with Crippen molar-refractivity contribution in [3.63, 3.8) is 0 Å². The molecule has 37 heavy (non-hydrogen) atoms. The van der Waals surface area contributed by atoms with Crippen molar-refractivity contribution in [2.75, 3.05) is 51.9 Å². The fourth-order valence-corrected chi connectivity index (χ4v) is 4.06. The van der Waals surface area contributed by atoms with Crippen LogP contribution < -0.4 is 15.0 Å². The fourth-order valence-electron chi connectivity index (χ4n) is 4.06. The Kier molecular flexibility index (Phi) is 9.48. The smallest absolute Gasteiger partial charge is 0.162 e. The van der Waals surface area contributed by atoms with Gasteiger partial charge < -0.3 is 29.2 Å². The van der Waals surface area contributed by atoms with Crippen LogP contribution in [0, 0.1) is 0 Å². The molecule has 8 nitrogen and oxygen atoms in total. The van der Waals surface area contributed by atoms with Gasteiger partial charge in [0.2, 0.25) is 0 Å². The molecule has 4 aromatic rings. The highest BCUT2D eigenvalue weighted by molar-refractivity contribution is 5.82. The summed E-state index contributed by atoms with van der Waals surface area (Å²) in [5, 5.41) is 14.0. The lowest BCUT2D eigenvalue weighted by atomic mass is 10.1. The predicted octanol–water partition coefficient (Wildman–Crippen LogP) is 4.77. The number of ether oxygens (including phenoxy) is 2. The van der Waals surface area contributed by atoms with Crippen molar-refractivity contribution < 1.29 is 19.0 Å². The fraction of sp³-hybridized carbons (Fsp3) is 0.379. The molecule has 0 saturated heterocycles. The van der Waals surface area contributed by atoms with Gasteiger partial charge in [0.25, 0.3) is 0 Å². The molecule has 0 fully saturated rings. The van der Waals surface area contributed by atoms with Crippen LogP contribution in [0.3, 0.4) is 0 Å². The molecule has 0 spiro atoms. The minimum atomic E-state index is -0.596. The molecule has 0 aliphatic carbocycles. The topological polar surface area (TPSA) is 92.9 Å². The number of nitrogens with one attached hydrogen (secondary N) is 1. The molecule has 0 saturated carbocycles. The molecule has 0 radical (unpaired) electrons. The third-order valence-electron chi connectivity index (χ3n) is 6.04. The first-order valence-electron chi connectivity index (χ1n) is 12.8. The highest BCUT2D eigenvalue weighted by atomic mass is 16.5. The minimum absolute atomic E-state index is 0.192. The van der Waals surface area contributed by atoms with Gasteiger partial charge in [-0.15, -0.1) is 0 Å². The Hall–Kier alpha value is -3.46. The number of fused-ring (bicyclic) bond motifs is 1. The third kappa shape index (κ3) is 7.07. The molecule has 2 aromatic carbocycles. The number of aliphatic hydroxyl groups is 1. The van der Waals surface area contributed by atoms with E-state index in [9.17, 15) is 5.11 Å². The highest BCUT2D eigenvalue weighted by Gasteiger charge is 2.17. The Morgan fingerprint density at radius 3 is 2.70 bits per heavy atom. The van der Waals surface area contributed by atoms with Gasteiger partial charge in [0.15, 0.2) is 11.6 Å². The quantitative estimate of drug-likeness (QED) is 0.254. The van der Waals surface area contributed by atoms with Gasteiger partial charge in [-0.3, -0.25) is 0 Å². The van der Waals surface area contributed by atoms with E-state index >= 15 is 0 Å². The average Bonchev–Trinajstić information content (AvgIpc) is 3.37. The van der Waals surface area contributed by atoms with Crippen LogP contribution in [-0.4, -0.2) is 68.2 Å². The number of methoxy groups -OCH3 is 1. The number of anilines is 1. The SMILES string of the molecule is CCCCN(CCOC)c1cc(-c2cc3ccccc3o2)nc(-c2cccc(OCC(O)CNC)c2)n1. The number of nitrogens with zero attached hydrogens (tertiary/aromatic N) is 3. The largest absolute Gasteiger partial charge is 0.491 e. The number of unbranched alkanes of at least 4 members (excludes halogenated alkanes) is 1. The first-order valence-corrected chi connectivity index (χ1v) is 12.8. The molecule has 196 valence electrons. The monoisotopic (exact) mass is 504 g/mol. The lowest BCUT2D eigenvalue weighted by Gasteiger charge is -2.24. The van der Waals surface area contributed by atoms with Crippen molar-refractivity contribution in [3.05, 3.63) is 60.7 Å². The number of furan rings is 1. The molecule has 2 heterocycles. The molecule has 0 amide bonds. The van der Waals surface area contributed by atoms with Crippen molar-refractivity contribution in [2.45, 2.75) is 25.9 Å². The zero-order chi connectivity index (χ0) is 26.0. The zero-order valence-corrected chi connectivity index (χ0v) is 21.8. The number of likely N-dealkylation sites (N-methyl/N-ethyl adjacent to an activating group) is 1. The van der Waals surface area contributed by atoms with Gasteiger partial charge in [-0.05, 0) is 37.7 Å². The Bertz CT molecular complexity index is 1230. The number of hydrogen-bond donors (Lipinski definition) is 2. The second-order valence-electron chi connectivity index (χ2n) is 8.97. The summed E-state index contributed by atoms with van der Waals surface area (Å²) < 4.78 is 17.4. The summed E-state index contributed by atoms with van der Waals surface area (Å²) in [5.74, 6) is 2.74. The number of rotatable bonds is 14. The van der Waals surface area contributed by atoms with Crippen LogP contribution in [0.15, 0.2) is 65.1 Å². The summed E-state index contributed by atoms with van der Waals surface area (Å²) in [6.07, 6.45) is 1.53. The zero-order valence-electron chi connectivity index (χ0n) is 21.8. The second-order valence-corrected chi connectivity index (χ2v) is 8.97. The van der Waals surface area contributed by atoms with Crippen molar-refractivity contribution in [1.82, 2.24) is 15.3 Å². The maximum Gasteiger partial charge on any atom is 0.162 e. The van der Waals surface area contributed by atoms with Crippen molar-refractivity contribution >= 4 is 16.8 Å². The van der Waals surface area contributed by atoms with Crippen LogP contribution >= 0.6 is 0 Å². The predicted molar refractivity (Wildman–Crippen MR) is 147 cm³/mol. The van der Waals surface area contributed by atoms with Crippen LogP contribution in [0.25, 0.3) is 33.8 Å². The van der Waals surface area contributed by atoms with E-state index < -0.39 is 6.10 Å². The van der Waals surface area contributed by atoms with Crippen molar-refractivity contribution in [2.24, 2.45) is 0 Å². The van der Waals surface area contributed by atoms with E-state index in [1.54, 1.807) is 14.2 Å². The lowest BCUT2D eigenvalue weighted by molar-refractivity contribution is 0.108. The molecule has 0 aliphatic rings. The number of aromatic nitrogens is 2. The minimum Gasteiger partial charge on any atom is -0.491 e. The van der Waals surface area contributed by atoms with Crippen molar-refractivity contribution in [3.8, 4) is 28.6 Å². The maximum atomic E-state index is 10.0. The summed E-state index contributed by atoms with van der Waals surface area (Å²) in [5.41, 5.74) is 2.35. The van der Waals surface area contributed by atoms with E-state index in [1.165, 1.54) is 0 Å². The first-order chi connectivity index (χ1) is 18.1. The van der Waals surface area contributed by atoms with Gasteiger partial charge in [-0.2, -0.15) is 0 Å². The van der Waals surface area contributed by atoms with E-state index in [2.05, 4.69) is 17.1 Å². The Morgan fingerprint density at radius 2 is 1.92 bits per heavy atom. The van der Waals surface area contributed by atoms with Gasteiger partial charge in [0.05, 0.1) is 6.61 Å². The highest BCUT2D eigenvalue weighted by Crippen LogP contribution is 2.31. The van der Waals surface area contributed by atoms with E-state index in [0.717, 1.165) is 48.3 Å². The Labute approximate surface area is 218 Å². The number of para-hydroxylation sites is 1. The molecular weight excluding hydrogens is 468 g/mol. The Balaban J connectivity index is 1.73. The molecule has 4 rings (SSSR count). The van der Waals surface area contributed by atoms with Gasteiger partial charge in [0.1, 0.15) is 35.6 Å². The van der Waals surface area contributed by atoms with E-state index in [0.29, 0.717) is 36.2 Å². The molecule has 1 atom stereocenters. The second kappa shape index (κ2) is 13.2. The van der Waals surface area contributed by atoms with Gasteiger partial charge >= 0.3 is 0 Å². The molecule has 0 bridgehead atoms. The van der Waals surface area contributed by atoms with Crippen molar-refractivity contribution in [1.29, 1.82) is 0 Å². The summed E-state index contributed by atoms with van der Waals surface area (Å²) in [6, 6.07) is 19.6. The van der Waals surface area contributed by atoms with Crippen LogP contribution in [0.5, 0.6) is 5.75 Å². The van der Waals surface area contributed by atoms with Gasteiger partial charge in [-0.1, -0.05) is 43.7 Å². The summed E-state index contributed by atoms with van der Waals surface area (Å²) in [7, 11) is 3.51. The Morgan fingerprint density at radius 1 is 1.05 bits per heavy atom. The molecule has 0 aliphatic heterocycles. The summed E-state index contributed by atoms with van der Waals surface area (Å²) in [4.78, 5) is 12.1. The molecular formula is C29H36N4O4. The van der Waals surface area contributed by atoms with E-state index in [4.69, 9.17) is 23.9 Å². The lowest BCUT2D eigenvalue weighted by Crippen LogP contribution is -2.29. The van der Waals surface area contributed by atoms with Gasteiger partial charge in [-0.25, -0.2) is 9.97 Å². The van der Waals surface area contributed by atoms with E-state index in [1.807, 2.05) is 60.7 Å². The molecule has 2 aromatic heterocycles. The number of hydrogen-bond acceptors (Lipinski definition) is 8. The van der Waals surface area contributed by atoms with Crippen LogP contribution in [0.1, 0.15) is 19.8 Å². The summed E-state index contributed by atoms with van der Waals surface area (Å²) >= 11 is 0. The molecule has 8 heteroatoms. The third-order valence-corrected chi connectivity index (χ3v) is 6.04. The van der Waals surface area contributed by atoms with E-state index in [-0.39, 0.29) is 6.61 Å². The average molecular weight is 505 g/mol. The van der Waals surface area contributed by atoms with Crippen LogP contribution in [0.4, 0.5) is 5.82 Å². The number of benzene rings is 2. The molecule has 1 unspecified atom stereocenters. The maximum absolute atomic E-state index is 10.0.